The van der Waals surface area contributed by atoms with Crippen LogP contribution in [0.1, 0.15) is 27.0 Å². The summed E-state index contributed by atoms with van der Waals surface area (Å²) in [6.07, 6.45) is 3.14. The third-order valence-electron chi connectivity index (χ3n) is 4.67. The summed E-state index contributed by atoms with van der Waals surface area (Å²) in [6, 6.07) is 10.6. The molecule has 1 amide bonds. The first kappa shape index (κ1) is 24.4. The van der Waals surface area contributed by atoms with E-state index in [0.717, 1.165) is 5.56 Å². The second-order valence-electron chi connectivity index (χ2n) is 7.07. The number of alkyl halides is 2. The first-order chi connectivity index (χ1) is 16.4. The van der Waals surface area contributed by atoms with Gasteiger partial charge in [-0.15, -0.1) is 0 Å². The van der Waals surface area contributed by atoms with Crippen LogP contribution >= 0.6 is 0 Å². The molecular weight excluding hydrogens is 446 g/mol. The van der Waals surface area contributed by atoms with Gasteiger partial charge in [0.15, 0.2) is 0 Å². The molecule has 0 saturated carbocycles. The molecule has 1 atom stereocenters. The molecule has 4 N–H and O–H groups in total. The first-order valence-corrected chi connectivity index (χ1v) is 10.1. The molecule has 8 nitrogen and oxygen atoms in total. The number of hydrogen-bond acceptors (Lipinski definition) is 7. The minimum Gasteiger partial charge on any atom is -0.497 e. The monoisotopic (exact) mass is 468 g/mol. The predicted molar refractivity (Wildman–Crippen MR) is 121 cm³/mol. The van der Waals surface area contributed by atoms with Gasteiger partial charge in [-0.1, -0.05) is 24.0 Å². The third-order valence-corrected chi connectivity index (χ3v) is 4.67. The molecule has 0 radical (unpaired) electrons. The number of ether oxygens (including phenoxy) is 2. The van der Waals surface area contributed by atoms with Crippen LogP contribution < -0.4 is 20.5 Å². The van der Waals surface area contributed by atoms with Crippen molar-refractivity contribution in [2.24, 2.45) is 0 Å². The maximum Gasteiger partial charge on any atom is 0.387 e. The minimum atomic E-state index is -3.07. The van der Waals surface area contributed by atoms with Crippen LogP contribution in [-0.4, -0.2) is 47.4 Å². The summed E-state index contributed by atoms with van der Waals surface area (Å²) in [6.45, 7) is -3.36. The second-order valence-corrected chi connectivity index (χ2v) is 7.07. The molecule has 0 spiro atoms. The predicted octanol–water partition coefficient (Wildman–Crippen LogP) is 2.40. The minimum absolute atomic E-state index is 0.0685. The van der Waals surface area contributed by atoms with Crippen LogP contribution in [-0.2, 0) is 6.42 Å². The van der Waals surface area contributed by atoms with E-state index >= 15 is 0 Å². The maximum absolute atomic E-state index is 12.8. The van der Waals surface area contributed by atoms with E-state index in [1.807, 2.05) is 12.1 Å². The number of rotatable bonds is 8. The van der Waals surface area contributed by atoms with Crippen LogP contribution in [0.4, 0.5) is 14.7 Å². The van der Waals surface area contributed by atoms with Crippen molar-refractivity contribution in [3.63, 3.8) is 0 Å². The zero-order valence-electron chi connectivity index (χ0n) is 18.2. The number of carbonyl (C=O) groups excluding carboxylic acids is 1. The number of anilines is 1. The molecule has 10 heteroatoms. The Morgan fingerprint density at radius 1 is 1.15 bits per heavy atom. The SMILES string of the molecule is COc1ccc(CC(CO)NC(=O)c2ccc(OC(F)F)c(C#Cc3cnc(N)nc3)c2)cc1. The number of benzene rings is 2. The van der Waals surface area contributed by atoms with Gasteiger partial charge in [0, 0.05) is 18.0 Å². The molecule has 0 aliphatic carbocycles. The summed E-state index contributed by atoms with van der Waals surface area (Å²) in [5.74, 6) is 5.49. The summed E-state index contributed by atoms with van der Waals surface area (Å²) >= 11 is 0. The summed E-state index contributed by atoms with van der Waals surface area (Å²) < 4.78 is 35.3. The quantitative estimate of drug-likeness (QED) is 0.434. The topological polar surface area (TPSA) is 120 Å². The van der Waals surface area contributed by atoms with Crippen LogP contribution in [0.5, 0.6) is 11.5 Å². The lowest BCUT2D eigenvalue weighted by molar-refractivity contribution is -0.0500. The van der Waals surface area contributed by atoms with Crippen molar-refractivity contribution >= 4 is 11.9 Å². The number of nitrogens with two attached hydrogens (primary N) is 1. The van der Waals surface area contributed by atoms with Gasteiger partial charge in [0.25, 0.3) is 5.91 Å². The van der Waals surface area contributed by atoms with E-state index in [0.29, 0.717) is 17.7 Å². The van der Waals surface area contributed by atoms with Gasteiger partial charge in [-0.25, -0.2) is 9.97 Å². The number of aliphatic hydroxyl groups excluding tert-OH is 1. The fourth-order valence-corrected chi connectivity index (χ4v) is 2.99. The van der Waals surface area contributed by atoms with Gasteiger partial charge in [0.1, 0.15) is 11.5 Å². The molecule has 34 heavy (non-hydrogen) atoms. The lowest BCUT2D eigenvalue weighted by Gasteiger charge is -2.17. The molecule has 0 aliphatic heterocycles. The Kier molecular flexibility index (Phi) is 8.32. The number of halogens is 2. The molecule has 3 aromatic rings. The van der Waals surface area contributed by atoms with Gasteiger partial charge in [0.2, 0.25) is 5.95 Å². The normalized spacial score (nSPS) is 11.3. The van der Waals surface area contributed by atoms with Gasteiger partial charge in [-0.2, -0.15) is 8.78 Å². The number of methoxy groups -OCH3 is 1. The van der Waals surface area contributed by atoms with Crippen LogP contribution in [0.2, 0.25) is 0 Å². The van der Waals surface area contributed by atoms with Crippen LogP contribution in [0, 0.1) is 11.8 Å². The van der Waals surface area contributed by atoms with Crippen LogP contribution in [0.15, 0.2) is 54.9 Å². The first-order valence-electron chi connectivity index (χ1n) is 10.1. The van der Waals surface area contributed by atoms with Crippen molar-refractivity contribution in [1.82, 2.24) is 15.3 Å². The molecular formula is C24H22F2N4O4. The van der Waals surface area contributed by atoms with Gasteiger partial charge >= 0.3 is 6.61 Å². The molecule has 176 valence electrons. The Balaban J connectivity index is 1.79. The Morgan fingerprint density at radius 2 is 1.85 bits per heavy atom. The molecule has 3 rings (SSSR count). The highest BCUT2D eigenvalue weighted by molar-refractivity contribution is 5.95. The fourth-order valence-electron chi connectivity index (χ4n) is 2.99. The van der Waals surface area contributed by atoms with Crippen molar-refractivity contribution in [3.8, 4) is 23.3 Å². The zero-order valence-corrected chi connectivity index (χ0v) is 18.2. The standard InChI is InChI=1S/C24H22F2N4O4/c1-33-20-7-3-15(4-8-20)10-19(14-31)30-22(32)18-6-9-21(34-23(25)26)17(11-18)5-2-16-12-28-24(27)29-13-16/h3-4,6-9,11-13,19,23,31H,10,14H2,1H3,(H,30,32)(H2,27,28,29). The molecule has 0 fully saturated rings. The Hall–Kier alpha value is -4.23. The smallest absolute Gasteiger partial charge is 0.387 e. The highest BCUT2D eigenvalue weighted by Crippen LogP contribution is 2.22. The van der Waals surface area contributed by atoms with E-state index < -0.39 is 18.6 Å². The van der Waals surface area contributed by atoms with E-state index in [1.165, 1.54) is 30.6 Å². The third kappa shape index (κ3) is 6.88. The molecule has 1 unspecified atom stereocenters. The number of carbonyl (C=O) groups is 1. The Morgan fingerprint density at radius 3 is 2.47 bits per heavy atom. The molecule has 0 bridgehead atoms. The van der Waals surface area contributed by atoms with Crippen molar-refractivity contribution in [3.05, 3.63) is 77.1 Å². The molecule has 0 saturated heterocycles. The highest BCUT2D eigenvalue weighted by Gasteiger charge is 2.16. The molecule has 1 heterocycles. The largest absolute Gasteiger partial charge is 0.497 e. The Labute approximate surface area is 194 Å². The average Bonchev–Trinajstić information content (AvgIpc) is 2.84. The highest BCUT2D eigenvalue weighted by atomic mass is 19.3. The molecule has 0 aliphatic rings. The van der Waals surface area contributed by atoms with Gasteiger partial charge in [-0.05, 0) is 42.3 Å². The number of nitrogens with zero attached hydrogens (tertiary/aromatic N) is 2. The number of nitrogen functional groups attached to an aromatic ring is 1. The number of aromatic nitrogens is 2. The molecule has 2 aromatic carbocycles. The van der Waals surface area contributed by atoms with Crippen molar-refractivity contribution < 1.29 is 28.2 Å². The summed E-state index contributed by atoms with van der Waals surface area (Å²) in [5, 5.41) is 12.5. The van der Waals surface area contributed by atoms with Gasteiger partial charge in [0.05, 0.1) is 30.9 Å². The van der Waals surface area contributed by atoms with Crippen LogP contribution in [0.25, 0.3) is 0 Å². The Bertz CT molecular complexity index is 1180. The zero-order chi connectivity index (χ0) is 24.5. The van der Waals surface area contributed by atoms with Crippen molar-refractivity contribution in [2.45, 2.75) is 19.1 Å². The number of aliphatic hydroxyl groups is 1. The number of hydrogen-bond donors (Lipinski definition) is 3. The average molecular weight is 468 g/mol. The maximum atomic E-state index is 12.8. The lowest BCUT2D eigenvalue weighted by Crippen LogP contribution is -2.39. The van der Waals surface area contributed by atoms with Gasteiger partial charge < -0.3 is 25.6 Å². The number of amides is 1. The van der Waals surface area contributed by atoms with E-state index in [4.69, 9.17) is 10.5 Å². The van der Waals surface area contributed by atoms with Crippen molar-refractivity contribution in [2.75, 3.05) is 19.5 Å². The number of nitrogens with one attached hydrogen (secondary N) is 1. The van der Waals surface area contributed by atoms with E-state index in [2.05, 4.69) is 31.9 Å². The molecule has 1 aromatic heterocycles. The summed E-state index contributed by atoms with van der Waals surface area (Å²) in [4.78, 5) is 20.4. The lowest BCUT2D eigenvalue weighted by atomic mass is 10.0. The second kappa shape index (κ2) is 11.6. The fraction of sp³-hybridized carbons (Fsp3) is 0.208. The summed E-state index contributed by atoms with van der Waals surface area (Å²) in [5.41, 5.74) is 6.95. The van der Waals surface area contributed by atoms with E-state index in [1.54, 1.807) is 19.2 Å². The van der Waals surface area contributed by atoms with E-state index in [9.17, 15) is 18.7 Å². The summed E-state index contributed by atoms with van der Waals surface area (Å²) in [7, 11) is 1.56. The van der Waals surface area contributed by atoms with Crippen molar-refractivity contribution in [1.29, 1.82) is 0 Å². The van der Waals surface area contributed by atoms with E-state index in [-0.39, 0.29) is 29.4 Å². The van der Waals surface area contributed by atoms with Crippen LogP contribution in [0.3, 0.4) is 0 Å². The van der Waals surface area contributed by atoms with Gasteiger partial charge in [-0.3, -0.25) is 4.79 Å².